The lowest BCUT2D eigenvalue weighted by atomic mass is 10.1. The van der Waals surface area contributed by atoms with Gasteiger partial charge in [0.25, 0.3) is 0 Å². The molecule has 0 aromatic carbocycles. The number of hydrogen-bond donors (Lipinski definition) is 4. The molecule has 0 heterocycles. The van der Waals surface area contributed by atoms with Crippen LogP contribution in [0.4, 0.5) is 0 Å². The van der Waals surface area contributed by atoms with E-state index in [1.165, 1.54) is 19.3 Å². The molecule has 1 unspecified atom stereocenters. The number of rotatable bonds is 42. The standard InChI is InChI=1S/C46H78O14P2/c1-3-5-7-8-9-10-11-12-13-14-15-16-19-23-26-29-33-37-46(50)60-44(41-59-62(54,55)58-39-43(48)38-57-61(51,52)53)40-56-45(49)36-32-28-25-22-20-17-18-21-24-27-31-35-42(47)34-30-6-4-2/h9-10,12-13,17-18,22,24-25,27,31,35,43-44,48H,3-8,11,14-16,19-21,23,26,28-30,32-34,36-41H2,1-2H3,(H,54,55)(H2,51,52,53)/b10-9-,13-12-,18-17-,25-22-,27-24-,35-31+/t43-,44+/m0/s1. The lowest BCUT2D eigenvalue weighted by Crippen LogP contribution is -2.30. The number of ether oxygens (including phenoxy) is 2. The summed E-state index contributed by atoms with van der Waals surface area (Å²) in [5.74, 6) is -1.000. The predicted octanol–water partition coefficient (Wildman–Crippen LogP) is 11.0. The molecule has 3 atom stereocenters. The summed E-state index contributed by atoms with van der Waals surface area (Å²) < 4.78 is 47.7. The Labute approximate surface area is 371 Å². The van der Waals surface area contributed by atoms with E-state index in [0.29, 0.717) is 25.7 Å². The van der Waals surface area contributed by atoms with E-state index in [4.69, 9.17) is 23.8 Å². The average Bonchev–Trinajstić information content (AvgIpc) is 3.23. The lowest BCUT2D eigenvalue weighted by molar-refractivity contribution is -0.161. The zero-order chi connectivity index (χ0) is 46.0. The fourth-order valence-corrected chi connectivity index (χ4v) is 6.72. The predicted molar refractivity (Wildman–Crippen MR) is 244 cm³/mol. The third-order valence-electron chi connectivity index (χ3n) is 9.03. The molecular formula is C46H78O14P2. The van der Waals surface area contributed by atoms with Gasteiger partial charge in [-0.25, -0.2) is 9.13 Å². The van der Waals surface area contributed by atoms with Crippen molar-refractivity contribution in [1.29, 1.82) is 0 Å². The SMILES string of the molecule is CCCCC/C=C\C/C=C\CCCCCCCCCC(=O)O[C@H](COC(=O)CCC/C=C\C/C=C\C/C=C\C=C\C(=O)CCCCC)COP(=O)(O)OC[C@@H](O)COP(=O)(O)O. The quantitative estimate of drug-likeness (QED) is 0.0112. The second-order valence-corrected chi connectivity index (χ2v) is 17.7. The van der Waals surface area contributed by atoms with Gasteiger partial charge >= 0.3 is 27.6 Å². The maximum absolute atomic E-state index is 12.7. The van der Waals surface area contributed by atoms with E-state index in [-0.39, 0.29) is 18.6 Å². The zero-order valence-corrected chi connectivity index (χ0v) is 39.2. The van der Waals surface area contributed by atoms with E-state index in [9.17, 15) is 33.5 Å². The third-order valence-corrected chi connectivity index (χ3v) is 10.5. The summed E-state index contributed by atoms with van der Waals surface area (Å²) in [6.07, 6.45) is 41.6. The van der Waals surface area contributed by atoms with Gasteiger partial charge in [0.2, 0.25) is 0 Å². The summed E-state index contributed by atoms with van der Waals surface area (Å²) in [4.78, 5) is 64.4. The van der Waals surface area contributed by atoms with Crippen LogP contribution in [0.25, 0.3) is 0 Å². The summed E-state index contributed by atoms with van der Waals surface area (Å²) in [5.41, 5.74) is 0. The second kappa shape index (κ2) is 41.0. The normalized spacial score (nSPS) is 14.5. The van der Waals surface area contributed by atoms with Crippen LogP contribution in [-0.4, -0.2) is 76.1 Å². The van der Waals surface area contributed by atoms with E-state index in [1.807, 2.05) is 36.5 Å². The van der Waals surface area contributed by atoms with Crippen molar-refractivity contribution in [3.8, 4) is 0 Å². The van der Waals surface area contributed by atoms with Crippen LogP contribution in [0.1, 0.15) is 162 Å². The third kappa shape index (κ3) is 43.9. The summed E-state index contributed by atoms with van der Waals surface area (Å²) >= 11 is 0. The van der Waals surface area contributed by atoms with Gasteiger partial charge in [-0.15, -0.1) is 0 Å². The summed E-state index contributed by atoms with van der Waals surface area (Å²) in [5, 5.41) is 9.75. The van der Waals surface area contributed by atoms with Crippen LogP contribution in [0, 0.1) is 0 Å². The number of aliphatic hydroxyl groups is 1. The molecule has 0 rings (SSSR count). The van der Waals surface area contributed by atoms with Gasteiger partial charge in [0, 0.05) is 19.3 Å². The first-order valence-electron chi connectivity index (χ1n) is 22.6. The first kappa shape index (κ1) is 59.2. The highest BCUT2D eigenvalue weighted by atomic mass is 31.2. The summed E-state index contributed by atoms with van der Waals surface area (Å²) in [6.45, 7) is 1.48. The molecule has 0 amide bonds. The zero-order valence-electron chi connectivity index (χ0n) is 37.4. The van der Waals surface area contributed by atoms with Crippen LogP contribution in [0.3, 0.4) is 0 Å². The average molecular weight is 917 g/mol. The Bertz CT molecular complexity index is 1430. The first-order chi connectivity index (χ1) is 29.8. The molecule has 0 radical (unpaired) electrons. The number of phosphoric acid groups is 2. The number of aliphatic hydroxyl groups excluding tert-OH is 1. The van der Waals surface area contributed by atoms with E-state index in [1.54, 1.807) is 12.2 Å². The van der Waals surface area contributed by atoms with Crippen LogP contribution < -0.4 is 0 Å². The first-order valence-corrected chi connectivity index (χ1v) is 25.6. The molecule has 0 saturated heterocycles. The van der Waals surface area contributed by atoms with E-state index < -0.39 is 66.2 Å². The smallest absolute Gasteiger partial charge is 0.462 e. The molecule has 14 nitrogen and oxygen atoms in total. The molecule has 0 aromatic heterocycles. The van der Waals surface area contributed by atoms with Gasteiger partial charge in [-0.2, -0.15) is 0 Å². The summed E-state index contributed by atoms with van der Waals surface area (Å²) in [6, 6.07) is 0. The van der Waals surface area contributed by atoms with Crippen LogP contribution in [0.2, 0.25) is 0 Å². The number of unbranched alkanes of at least 4 members (excludes halogenated alkanes) is 13. The van der Waals surface area contributed by atoms with Gasteiger partial charge in [0.15, 0.2) is 11.9 Å². The van der Waals surface area contributed by atoms with Crippen molar-refractivity contribution < 1.29 is 66.3 Å². The van der Waals surface area contributed by atoms with E-state index >= 15 is 0 Å². The largest absolute Gasteiger partial charge is 0.472 e. The van der Waals surface area contributed by atoms with Crippen molar-refractivity contribution in [2.75, 3.05) is 26.4 Å². The van der Waals surface area contributed by atoms with Crippen molar-refractivity contribution in [2.45, 2.75) is 174 Å². The highest BCUT2D eigenvalue weighted by molar-refractivity contribution is 7.47. The monoisotopic (exact) mass is 916 g/mol. The van der Waals surface area contributed by atoms with Crippen molar-refractivity contribution in [3.05, 3.63) is 72.9 Å². The van der Waals surface area contributed by atoms with Crippen molar-refractivity contribution in [3.63, 3.8) is 0 Å². The molecule has 0 aliphatic heterocycles. The van der Waals surface area contributed by atoms with Gasteiger partial charge in [-0.3, -0.25) is 28.0 Å². The molecule has 4 N–H and O–H groups in total. The number of phosphoric ester groups is 2. The molecule has 0 aromatic rings. The number of carbonyl (C=O) groups is 3. The minimum absolute atomic E-state index is 0.0881. The molecule has 0 aliphatic carbocycles. The second-order valence-electron chi connectivity index (χ2n) is 15.0. The van der Waals surface area contributed by atoms with Crippen LogP contribution in [0.15, 0.2) is 72.9 Å². The molecule has 0 aliphatic rings. The Morgan fingerprint density at radius 1 is 0.516 bits per heavy atom. The fraction of sp³-hybridized carbons (Fsp3) is 0.674. The van der Waals surface area contributed by atoms with Gasteiger partial charge in [0.1, 0.15) is 12.7 Å². The topological polar surface area (TPSA) is 212 Å². The van der Waals surface area contributed by atoms with Crippen molar-refractivity contribution in [1.82, 2.24) is 0 Å². The van der Waals surface area contributed by atoms with Gasteiger partial charge in [0.05, 0.1) is 19.8 Å². The molecule has 0 spiro atoms. The van der Waals surface area contributed by atoms with Crippen LogP contribution >= 0.6 is 15.6 Å². The minimum Gasteiger partial charge on any atom is -0.462 e. The number of esters is 2. The Balaban J connectivity index is 4.65. The molecule has 0 saturated carbocycles. The Hall–Kier alpha value is -2.77. The molecular weight excluding hydrogens is 838 g/mol. The number of hydrogen-bond acceptors (Lipinski definition) is 11. The molecule has 0 fully saturated rings. The van der Waals surface area contributed by atoms with Gasteiger partial charge < -0.3 is 29.3 Å². The van der Waals surface area contributed by atoms with Crippen LogP contribution in [-0.2, 0) is 46.6 Å². The Kier molecular flexibility index (Phi) is 39.1. The van der Waals surface area contributed by atoms with E-state index in [2.05, 4.69) is 47.2 Å². The molecule has 62 heavy (non-hydrogen) atoms. The molecule has 0 bridgehead atoms. The van der Waals surface area contributed by atoms with Crippen molar-refractivity contribution >= 4 is 33.4 Å². The number of allylic oxidation sites excluding steroid dienone is 12. The van der Waals surface area contributed by atoms with Crippen LogP contribution in [0.5, 0.6) is 0 Å². The van der Waals surface area contributed by atoms with Gasteiger partial charge in [-0.05, 0) is 76.7 Å². The highest BCUT2D eigenvalue weighted by Gasteiger charge is 2.28. The number of carbonyl (C=O) groups excluding carboxylic acids is 3. The van der Waals surface area contributed by atoms with Gasteiger partial charge in [-0.1, -0.05) is 138 Å². The molecule has 356 valence electrons. The summed E-state index contributed by atoms with van der Waals surface area (Å²) in [7, 11) is -9.72. The Morgan fingerprint density at radius 2 is 1.00 bits per heavy atom. The molecule has 16 heteroatoms. The lowest BCUT2D eigenvalue weighted by Gasteiger charge is -2.20. The van der Waals surface area contributed by atoms with E-state index in [0.717, 1.165) is 89.9 Å². The number of ketones is 1. The Morgan fingerprint density at radius 3 is 1.63 bits per heavy atom. The fourth-order valence-electron chi connectivity index (χ4n) is 5.56. The minimum atomic E-state index is -4.88. The highest BCUT2D eigenvalue weighted by Crippen LogP contribution is 2.43. The maximum Gasteiger partial charge on any atom is 0.472 e. The van der Waals surface area contributed by atoms with Crippen molar-refractivity contribution in [2.24, 2.45) is 0 Å². The maximum atomic E-state index is 12.7.